The van der Waals surface area contributed by atoms with E-state index in [-0.39, 0.29) is 5.82 Å². The lowest BCUT2D eigenvalue weighted by atomic mass is 9.98. The van der Waals surface area contributed by atoms with Gasteiger partial charge in [0.2, 0.25) is 0 Å². The van der Waals surface area contributed by atoms with Crippen molar-refractivity contribution in [2.45, 2.75) is 0 Å². The third-order valence-corrected chi connectivity index (χ3v) is 13.8. The van der Waals surface area contributed by atoms with Crippen molar-refractivity contribution in [2.75, 3.05) is 0 Å². The molecule has 0 amide bonds. The number of hydrogen-bond donors (Lipinski definition) is 0. The molecule has 0 bridgehead atoms. The van der Waals surface area contributed by atoms with Crippen LogP contribution >= 0.6 is 0 Å². The number of nitrogens with zero attached hydrogens (tertiary/aromatic N) is 6. The summed E-state index contributed by atoms with van der Waals surface area (Å²) in [4.78, 5) is 15.5. The minimum atomic E-state index is -0.303. The summed E-state index contributed by atoms with van der Waals surface area (Å²) in [6.07, 6.45) is 0. The van der Waals surface area contributed by atoms with Crippen LogP contribution in [0.15, 0.2) is 237 Å². The Morgan fingerprint density at radius 3 is 1.07 bits per heavy atom. The molecule has 0 fully saturated rings. The standard InChI is InChI=1S/C63H39FN6/c64-43-29-27-40(28-30-43)47-34-31-44(37-54(47)63-66-61(41-15-3-1-4-16-41)65-62(67-63)42-17-5-2-6-18-42)70-59-38-45(68-55-23-11-7-19-48(55)49-20-8-12-24-56(49)68)32-35-52(59)53-36-33-46(39-60(53)70)69-57-25-13-9-21-50(57)51-22-10-14-26-58(51)69/h1-39H. The second-order valence-electron chi connectivity index (χ2n) is 17.8. The molecule has 0 atom stereocenters. The fourth-order valence-electron chi connectivity index (χ4n) is 10.6. The molecule has 6 nitrogen and oxygen atoms in total. The van der Waals surface area contributed by atoms with Crippen molar-refractivity contribution in [1.82, 2.24) is 28.7 Å². The molecule has 0 unspecified atom stereocenters. The van der Waals surface area contributed by atoms with Gasteiger partial charge in [-0.1, -0.05) is 164 Å². The summed E-state index contributed by atoms with van der Waals surface area (Å²) in [7, 11) is 0. The minimum absolute atomic E-state index is 0.303. The van der Waals surface area contributed by atoms with Crippen molar-refractivity contribution in [2.24, 2.45) is 0 Å². The van der Waals surface area contributed by atoms with E-state index in [9.17, 15) is 4.39 Å². The van der Waals surface area contributed by atoms with Crippen LogP contribution in [0.4, 0.5) is 4.39 Å². The Morgan fingerprint density at radius 1 is 0.257 bits per heavy atom. The molecular formula is C63H39FN6. The normalized spacial score (nSPS) is 11.8. The first-order valence-corrected chi connectivity index (χ1v) is 23.5. The van der Waals surface area contributed by atoms with Gasteiger partial charge in [0.1, 0.15) is 5.82 Å². The van der Waals surface area contributed by atoms with Gasteiger partial charge < -0.3 is 13.7 Å². The predicted molar refractivity (Wildman–Crippen MR) is 285 cm³/mol. The Kier molecular flexibility index (Phi) is 8.97. The van der Waals surface area contributed by atoms with Crippen LogP contribution in [-0.2, 0) is 0 Å². The van der Waals surface area contributed by atoms with Crippen LogP contribution in [0.1, 0.15) is 0 Å². The molecule has 14 rings (SSSR count). The molecule has 328 valence electrons. The first kappa shape index (κ1) is 39.7. The molecule has 0 saturated carbocycles. The molecule has 4 heterocycles. The van der Waals surface area contributed by atoms with Crippen molar-refractivity contribution in [3.05, 3.63) is 242 Å². The highest BCUT2D eigenvalue weighted by atomic mass is 19.1. The van der Waals surface area contributed by atoms with Crippen LogP contribution in [-0.4, -0.2) is 28.7 Å². The summed E-state index contributed by atoms with van der Waals surface area (Å²) in [6, 6.07) is 81.4. The zero-order chi connectivity index (χ0) is 46.3. The fraction of sp³-hybridized carbons (Fsp3) is 0. The third-order valence-electron chi connectivity index (χ3n) is 13.8. The highest BCUT2D eigenvalue weighted by Crippen LogP contribution is 2.41. The highest BCUT2D eigenvalue weighted by molar-refractivity contribution is 6.13. The van der Waals surface area contributed by atoms with Crippen molar-refractivity contribution >= 4 is 65.4 Å². The SMILES string of the molecule is Fc1ccc(-c2ccc(-n3c4cc(-n5c6ccccc6c6ccccc65)ccc4c4ccc(-n5c6ccccc6c6ccccc65)cc43)cc2-c2nc(-c3ccccc3)nc(-c3ccccc3)n2)cc1. The topological polar surface area (TPSA) is 53.5 Å². The van der Waals surface area contributed by atoms with Crippen LogP contribution in [0.5, 0.6) is 0 Å². The number of hydrogen-bond acceptors (Lipinski definition) is 3. The van der Waals surface area contributed by atoms with E-state index in [1.165, 1.54) is 33.7 Å². The molecule has 0 aliphatic heterocycles. The van der Waals surface area contributed by atoms with E-state index in [0.29, 0.717) is 17.5 Å². The summed E-state index contributed by atoms with van der Waals surface area (Å²) >= 11 is 0. The maximum absolute atomic E-state index is 14.6. The fourth-order valence-corrected chi connectivity index (χ4v) is 10.6. The van der Waals surface area contributed by atoms with E-state index in [1.54, 1.807) is 0 Å². The number of para-hydroxylation sites is 4. The molecule has 0 aliphatic carbocycles. The summed E-state index contributed by atoms with van der Waals surface area (Å²) < 4.78 is 21.8. The Labute approximate surface area is 401 Å². The quantitative estimate of drug-likeness (QED) is 0.160. The van der Waals surface area contributed by atoms with Crippen LogP contribution in [0, 0.1) is 5.82 Å². The molecule has 0 saturated heterocycles. The average molecular weight is 899 g/mol. The number of fused-ring (bicyclic) bond motifs is 9. The Bertz CT molecular complexity index is 4020. The lowest BCUT2D eigenvalue weighted by molar-refractivity contribution is 0.628. The molecule has 0 N–H and O–H groups in total. The number of halogens is 1. The zero-order valence-corrected chi connectivity index (χ0v) is 37.6. The lowest BCUT2D eigenvalue weighted by Gasteiger charge is -2.16. The average Bonchev–Trinajstić information content (AvgIpc) is 4.06. The smallest absolute Gasteiger partial charge is 0.164 e. The lowest BCUT2D eigenvalue weighted by Crippen LogP contribution is -2.03. The van der Waals surface area contributed by atoms with Gasteiger partial charge in [-0.25, -0.2) is 19.3 Å². The van der Waals surface area contributed by atoms with Gasteiger partial charge in [0.25, 0.3) is 0 Å². The molecule has 70 heavy (non-hydrogen) atoms. The van der Waals surface area contributed by atoms with Gasteiger partial charge in [0.05, 0.1) is 33.1 Å². The van der Waals surface area contributed by atoms with Crippen LogP contribution in [0.3, 0.4) is 0 Å². The van der Waals surface area contributed by atoms with Gasteiger partial charge in [-0.05, 0) is 83.9 Å². The maximum Gasteiger partial charge on any atom is 0.164 e. The minimum Gasteiger partial charge on any atom is -0.309 e. The Balaban J connectivity index is 1.08. The highest BCUT2D eigenvalue weighted by Gasteiger charge is 2.22. The Hall–Kier alpha value is -9.46. The zero-order valence-electron chi connectivity index (χ0n) is 37.6. The molecule has 0 spiro atoms. The molecule has 0 radical (unpaired) electrons. The molecule has 7 heteroatoms. The third kappa shape index (κ3) is 6.29. The van der Waals surface area contributed by atoms with E-state index in [2.05, 4.69) is 165 Å². The molecule has 10 aromatic carbocycles. The van der Waals surface area contributed by atoms with Gasteiger partial charge in [-0.3, -0.25) is 0 Å². The van der Waals surface area contributed by atoms with E-state index < -0.39 is 0 Å². The number of benzene rings is 10. The largest absolute Gasteiger partial charge is 0.309 e. The van der Waals surface area contributed by atoms with Crippen LogP contribution in [0.25, 0.3) is 128 Å². The summed E-state index contributed by atoms with van der Waals surface area (Å²) in [5.74, 6) is 1.32. The molecule has 0 aliphatic rings. The van der Waals surface area contributed by atoms with E-state index >= 15 is 0 Å². The summed E-state index contributed by atoms with van der Waals surface area (Å²) in [5, 5.41) is 7.07. The Morgan fingerprint density at radius 2 is 0.614 bits per heavy atom. The van der Waals surface area contributed by atoms with Gasteiger partial charge in [-0.2, -0.15) is 0 Å². The summed E-state index contributed by atoms with van der Waals surface area (Å²) in [5.41, 5.74) is 13.9. The second kappa shape index (κ2) is 15.8. The van der Waals surface area contributed by atoms with Gasteiger partial charge in [0, 0.05) is 66.1 Å². The second-order valence-corrected chi connectivity index (χ2v) is 17.8. The van der Waals surface area contributed by atoms with Crippen LogP contribution in [0.2, 0.25) is 0 Å². The molecule has 14 aromatic rings. The van der Waals surface area contributed by atoms with Crippen molar-refractivity contribution in [1.29, 1.82) is 0 Å². The monoisotopic (exact) mass is 898 g/mol. The summed E-state index contributed by atoms with van der Waals surface area (Å²) in [6.45, 7) is 0. The van der Waals surface area contributed by atoms with E-state index in [1.807, 2.05) is 72.8 Å². The van der Waals surface area contributed by atoms with Crippen molar-refractivity contribution < 1.29 is 4.39 Å². The predicted octanol–water partition coefficient (Wildman–Crippen LogP) is 16.0. The van der Waals surface area contributed by atoms with Crippen molar-refractivity contribution in [3.8, 4) is 62.4 Å². The first-order valence-electron chi connectivity index (χ1n) is 23.5. The van der Waals surface area contributed by atoms with Crippen LogP contribution < -0.4 is 0 Å². The number of rotatable bonds is 7. The van der Waals surface area contributed by atoms with Gasteiger partial charge in [-0.15, -0.1) is 0 Å². The molecule has 4 aromatic heterocycles. The van der Waals surface area contributed by atoms with Gasteiger partial charge >= 0.3 is 0 Å². The van der Waals surface area contributed by atoms with Gasteiger partial charge in [0.15, 0.2) is 17.5 Å². The molecular weight excluding hydrogens is 860 g/mol. The van der Waals surface area contributed by atoms with E-state index in [0.717, 1.165) is 88.8 Å². The van der Waals surface area contributed by atoms with Crippen molar-refractivity contribution in [3.63, 3.8) is 0 Å². The van der Waals surface area contributed by atoms with E-state index in [4.69, 9.17) is 15.0 Å². The number of aromatic nitrogens is 6. The maximum atomic E-state index is 14.6. The first-order chi connectivity index (χ1) is 34.6.